The minimum absolute atomic E-state index is 0.429. The molecule has 1 aliphatic heterocycles. The Balaban J connectivity index is 1.92. The van der Waals surface area contributed by atoms with Gasteiger partial charge in [0.25, 0.3) is 0 Å². The van der Waals surface area contributed by atoms with Gasteiger partial charge in [-0.2, -0.15) is 11.8 Å². The summed E-state index contributed by atoms with van der Waals surface area (Å²) in [6.45, 7) is 0. The van der Waals surface area contributed by atoms with Crippen molar-refractivity contribution < 1.29 is 0 Å². The maximum absolute atomic E-state index is 6.12. The van der Waals surface area contributed by atoms with Crippen molar-refractivity contribution in [2.75, 3.05) is 23.0 Å². The summed E-state index contributed by atoms with van der Waals surface area (Å²) >= 11 is 6.30. The molecule has 2 aliphatic rings. The van der Waals surface area contributed by atoms with Crippen molar-refractivity contribution in [2.24, 2.45) is 0 Å². The van der Waals surface area contributed by atoms with Crippen molar-refractivity contribution in [1.29, 1.82) is 0 Å². The van der Waals surface area contributed by atoms with Crippen LogP contribution in [0.4, 0.5) is 5.82 Å². The Labute approximate surface area is 136 Å². The van der Waals surface area contributed by atoms with Crippen molar-refractivity contribution in [3.63, 3.8) is 0 Å². The second-order valence-electron chi connectivity index (χ2n) is 5.08. The SMILES string of the molecule is Nc1nc(C2CSCCS2)nc(C2CCCC2)c1I. The smallest absolute Gasteiger partial charge is 0.144 e. The Bertz CT molecular complexity index is 457. The summed E-state index contributed by atoms with van der Waals surface area (Å²) in [5.74, 6) is 5.83. The van der Waals surface area contributed by atoms with Crippen molar-refractivity contribution in [2.45, 2.75) is 36.9 Å². The molecule has 0 aromatic carbocycles. The summed E-state index contributed by atoms with van der Waals surface area (Å²) in [6.07, 6.45) is 5.18. The van der Waals surface area contributed by atoms with E-state index in [1.165, 1.54) is 42.9 Å². The number of anilines is 1. The lowest BCUT2D eigenvalue weighted by molar-refractivity contribution is 0.679. The zero-order valence-electron chi connectivity index (χ0n) is 10.8. The van der Waals surface area contributed by atoms with Gasteiger partial charge >= 0.3 is 0 Å². The first kappa shape index (κ1) is 14.3. The molecule has 104 valence electrons. The van der Waals surface area contributed by atoms with Gasteiger partial charge in [0.05, 0.1) is 14.5 Å². The number of rotatable bonds is 2. The van der Waals surface area contributed by atoms with Crippen molar-refractivity contribution in [1.82, 2.24) is 9.97 Å². The number of halogens is 1. The normalized spacial score (nSPS) is 24.8. The van der Waals surface area contributed by atoms with Gasteiger partial charge in [-0.25, -0.2) is 9.97 Å². The fourth-order valence-electron chi connectivity index (χ4n) is 2.75. The van der Waals surface area contributed by atoms with E-state index in [2.05, 4.69) is 27.6 Å². The van der Waals surface area contributed by atoms with Crippen LogP contribution in [-0.2, 0) is 0 Å². The third-order valence-electron chi connectivity index (χ3n) is 3.77. The predicted octanol–water partition coefficient (Wildman–Crippen LogP) is 3.84. The average molecular weight is 407 g/mol. The van der Waals surface area contributed by atoms with Gasteiger partial charge in [0, 0.05) is 23.2 Å². The van der Waals surface area contributed by atoms with Crippen LogP contribution in [0.2, 0.25) is 0 Å². The van der Waals surface area contributed by atoms with Gasteiger partial charge < -0.3 is 5.73 Å². The quantitative estimate of drug-likeness (QED) is 0.755. The number of hydrogen-bond donors (Lipinski definition) is 1. The molecule has 1 saturated heterocycles. The standard InChI is InChI=1S/C13H18IN3S2/c14-10-11(8-3-1-2-4-8)16-13(17-12(10)15)9-7-18-5-6-19-9/h8-9H,1-7H2,(H2,15,16,17). The van der Waals surface area contributed by atoms with E-state index in [4.69, 9.17) is 10.7 Å². The molecule has 19 heavy (non-hydrogen) atoms. The number of thioether (sulfide) groups is 2. The number of nitrogens with zero attached hydrogens (tertiary/aromatic N) is 2. The second kappa shape index (κ2) is 6.39. The highest BCUT2D eigenvalue weighted by Crippen LogP contribution is 2.39. The molecule has 1 saturated carbocycles. The van der Waals surface area contributed by atoms with E-state index >= 15 is 0 Å². The monoisotopic (exact) mass is 407 g/mol. The molecule has 3 nitrogen and oxygen atoms in total. The van der Waals surface area contributed by atoms with Gasteiger partial charge in [0.2, 0.25) is 0 Å². The van der Waals surface area contributed by atoms with E-state index in [-0.39, 0.29) is 0 Å². The first-order valence-electron chi connectivity index (χ1n) is 6.78. The molecule has 3 rings (SSSR count). The summed E-state index contributed by atoms with van der Waals surface area (Å²) in [6, 6.07) is 0. The van der Waals surface area contributed by atoms with E-state index in [9.17, 15) is 0 Å². The van der Waals surface area contributed by atoms with E-state index in [1.54, 1.807) is 0 Å². The molecule has 2 heterocycles. The zero-order valence-corrected chi connectivity index (χ0v) is 14.6. The Morgan fingerprint density at radius 1 is 1.16 bits per heavy atom. The molecule has 0 amide bonds. The lowest BCUT2D eigenvalue weighted by Gasteiger charge is -2.22. The summed E-state index contributed by atoms with van der Waals surface area (Å²) < 4.78 is 1.08. The maximum Gasteiger partial charge on any atom is 0.144 e. The van der Waals surface area contributed by atoms with Crippen LogP contribution in [0, 0.1) is 3.57 Å². The van der Waals surface area contributed by atoms with E-state index < -0.39 is 0 Å². The molecule has 1 aromatic heterocycles. The lowest BCUT2D eigenvalue weighted by atomic mass is 10.0. The van der Waals surface area contributed by atoms with Gasteiger partial charge in [-0.3, -0.25) is 0 Å². The van der Waals surface area contributed by atoms with Gasteiger partial charge in [0.1, 0.15) is 11.6 Å². The predicted molar refractivity (Wildman–Crippen MR) is 92.9 cm³/mol. The maximum atomic E-state index is 6.12. The Morgan fingerprint density at radius 2 is 1.95 bits per heavy atom. The molecule has 2 fully saturated rings. The first-order chi connectivity index (χ1) is 9.25. The Hall–Kier alpha value is 0.310. The molecular weight excluding hydrogens is 389 g/mol. The topological polar surface area (TPSA) is 51.8 Å². The molecule has 2 N–H and O–H groups in total. The second-order valence-corrected chi connectivity index (χ2v) is 8.62. The van der Waals surface area contributed by atoms with Crippen LogP contribution in [0.15, 0.2) is 0 Å². The summed E-state index contributed by atoms with van der Waals surface area (Å²) in [4.78, 5) is 9.46. The molecule has 1 aromatic rings. The summed E-state index contributed by atoms with van der Waals surface area (Å²) in [5.41, 5.74) is 7.34. The average Bonchev–Trinajstić information content (AvgIpc) is 2.96. The van der Waals surface area contributed by atoms with Gasteiger partial charge in [-0.1, -0.05) is 12.8 Å². The summed E-state index contributed by atoms with van der Waals surface area (Å²) in [7, 11) is 0. The fraction of sp³-hybridized carbons (Fsp3) is 0.692. The van der Waals surface area contributed by atoms with Gasteiger partial charge in [-0.05, 0) is 35.4 Å². The number of hydrogen-bond acceptors (Lipinski definition) is 5. The third-order valence-corrected chi connectivity index (χ3v) is 7.62. The highest BCUT2D eigenvalue weighted by atomic mass is 127. The number of nitrogen functional groups attached to an aromatic ring is 1. The van der Waals surface area contributed by atoms with Gasteiger partial charge in [0.15, 0.2) is 0 Å². The Kier molecular flexibility index (Phi) is 4.79. The van der Waals surface area contributed by atoms with Crippen molar-refractivity contribution in [3.8, 4) is 0 Å². The highest BCUT2D eigenvalue weighted by Gasteiger charge is 2.26. The fourth-order valence-corrected chi connectivity index (χ4v) is 6.03. The van der Waals surface area contributed by atoms with Crippen LogP contribution in [0.5, 0.6) is 0 Å². The van der Waals surface area contributed by atoms with E-state index in [0.717, 1.165) is 15.1 Å². The molecule has 1 unspecified atom stereocenters. The summed E-state index contributed by atoms with van der Waals surface area (Å²) in [5, 5.41) is 0.429. The van der Waals surface area contributed by atoms with Crippen molar-refractivity contribution >= 4 is 51.9 Å². The minimum atomic E-state index is 0.429. The molecule has 1 atom stereocenters. The number of nitrogens with two attached hydrogens (primary N) is 1. The molecule has 0 radical (unpaired) electrons. The molecule has 0 spiro atoms. The van der Waals surface area contributed by atoms with Gasteiger partial charge in [-0.15, -0.1) is 11.8 Å². The van der Waals surface area contributed by atoms with Crippen LogP contribution < -0.4 is 5.73 Å². The van der Waals surface area contributed by atoms with Crippen LogP contribution in [0.3, 0.4) is 0 Å². The zero-order chi connectivity index (χ0) is 13.2. The van der Waals surface area contributed by atoms with Crippen LogP contribution in [0.1, 0.15) is 48.4 Å². The Morgan fingerprint density at radius 3 is 2.63 bits per heavy atom. The van der Waals surface area contributed by atoms with Crippen LogP contribution in [-0.4, -0.2) is 27.2 Å². The van der Waals surface area contributed by atoms with E-state index in [1.807, 2.05) is 23.5 Å². The third kappa shape index (κ3) is 3.15. The highest BCUT2D eigenvalue weighted by molar-refractivity contribution is 14.1. The first-order valence-corrected chi connectivity index (χ1v) is 10.1. The minimum Gasteiger partial charge on any atom is -0.383 e. The molecular formula is C13H18IN3S2. The van der Waals surface area contributed by atoms with E-state index in [0.29, 0.717) is 17.0 Å². The largest absolute Gasteiger partial charge is 0.383 e. The molecule has 1 aliphatic carbocycles. The van der Waals surface area contributed by atoms with Crippen molar-refractivity contribution in [3.05, 3.63) is 15.1 Å². The molecule has 6 heteroatoms. The molecule has 0 bridgehead atoms. The number of aromatic nitrogens is 2. The van der Waals surface area contributed by atoms with Crippen LogP contribution >= 0.6 is 46.1 Å². The lowest BCUT2D eigenvalue weighted by Crippen LogP contribution is -2.15. The van der Waals surface area contributed by atoms with Crippen LogP contribution in [0.25, 0.3) is 0 Å².